The zero-order valence-electron chi connectivity index (χ0n) is 16.3. The first kappa shape index (κ1) is 18.5. The Kier molecular flexibility index (Phi) is 4.90. The molecule has 0 fully saturated rings. The highest BCUT2D eigenvalue weighted by Crippen LogP contribution is 2.23. The number of aromatic nitrogens is 5. The van der Waals surface area contributed by atoms with Crippen molar-refractivity contribution in [2.24, 2.45) is 7.05 Å². The predicted molar refractivity (Wildman–Crippen MR) is 110 cm³/mol. The number of pyridine rings is 3. The van der Waals surface area contributed by atoms with Gasteiger partial charge in [-0.3, -0.25) is 9.78 Å². The Morgan fingerprint density at radius 1 is 1.07 bits per heavy atom. The minimum Gasteiger partial charge on any atom is -0.475 e. The van der Waals surface area contributed by atoms with Gasteiger partial charge in [0.15, 0.2) is 0 Å². The zero-order valence-corrected chi connectivity index (χ0v) is 16.3. The molecule has 146 valence electrons. The summed E-state index contributed by atoms with van der Waals surface area (Å²) in [5.41, 5.74) is 2.15. The van der Waals surface area contributed by atoms with Crippen molar-refractivity contribution in [3.8, 4) is 17.3 Å². The number of fused-ring (bicyclic) bond motifs is 1. The molecule has 0 saturated heterocycles. The number of rotatable bonds is 5. The van der Waals surface area contributed by atoms with Crippen LogP contribution in [0.5, 0.6) is 5.88 Å². The van der Waals surface area contributed by atoms with Gasteiger partial charge in [-0.1, -0.05) is 0 Å². The summed E-state index contributed by atoms with van der Waals surface area (Å²) in [6.07, 6.45) is 8.46. The van der Waals surface area contributed by atoms with E-state index in [0.717, 1.165) is 22.2 Å². The number of aryl methyl sites for hydroxylation is 1. The third-order valence-electron chi connectivity index (χ3n) is 4.28. The van der Waals surface area contributed by atoms with Gasteiger partial charge in [0, 0.05) is 42.7 Å². The number of carbonyl (C=O) groups excluding carboxylic acids is 1. The fraction of sp³-hybridized carbons (Fsp3) is 0.190. The standard InChI is InChI=1S/C21H20N6O2/c1-13(2)29-20-8-14(4-5-23-20)21(28)26-19-7-15-6-17(18-11-22-12-27(18)3)24-9-16(15)10-25-19/h4-13H,1-3H3,(H,25,26,28). The molecule has 0 saturated carbocycles. The zero-order chi connectivity index (χ0) is 20.4. The minimum absolute atomic E-state index is 0.0230. The number of imidazole rings is 1. The van der Waals surface area contributed by atoms with Crippen molar-refractivity contribution in [3.05, 3.63) is 60.9 Å². The second-order valence-electron chi connectivity index (χ2n) is 6.88. The van der Waals surface area contributed by atoms with Crippen LogP contribution in [0.15, 0.2) is 55.4 Å². The summed E-state index contributed by atoms with van der Waals surface area (Å²) in [7, 11) is 1.92. The molecule has 0 aliphatic rings. The van der Waals surface area contributed by atoms with Crippen LogP contribution in [0.3, 0.4) is 0 Å². The maximum Gasteiger partial charge on any atom is 0.257 e. The molecule has 0 bridgehead atoms. The number of amides is 1. The molecule has 0 aliphatic heterocycles. The molecule has 0 atom stereocenters. The van der Waals surface area contributed by atoms with E-state index < -0.39 is 0 Å². The molecule has 4 aromatic rings. The number of hydrogen-bond donors (Lipinski definition) is 1. The molecule has 0 spiro atoms. The molecule has 1 amide bonds. The van der Waals surface area contributed by atoms with Crippen LogP contribution in [0, 0.1) is 0 Å². The van der Waals surface area contributed by atoms with E-state index in [2.05, 4.69) is 25.3 Å². The van der Waals surface area contributed by atoms with Crippen molar-refractivity contribution in [3.63, 3.8) is 0 Å². The van der Waals surface area contributed by atoms with Crippen molar-refractivity contribution in [2.75, 3.05) is 5.32 Å². The number of ether oxygens (including phenoxy) is 1. The number of anilines is 1. The highest BCUT2D eigenvalue weighted by molar-refractivity contribution is 6.04. The lowest BCUT2D eigenvalue weighted by atomic mass is 10.1. The smallest absolute Gasteiger partial charge is 0.257 e. The Morgan fingerprint density at radius 2 is 1.90 bits per heavy atom. The molecular formula is C21H20N6O2. The van der Waals surface area contributed by atoms with Crippen molar-refractivity contribution < 1.29 is 9.53 Å². The monoisotopic (exact) mass is 388 g/mol. The fourth-order valence-corrected chi connectivity index (χ4v) is 2.90. The first-order chi connectivity index (χ1) is 14.0. The Morgan fingerprint density at radius 3 is 2.66 bits per heavy atom. The van der Waals surface area contributed by atoms with Crippen molar-refractivity contribution in [1.82, 2.24) is 24.5 Å². The maximum atomic E-state index is 12.6. The Hall–Kier alpha value is -3.81. The lowest BCUT2D eigenvalue weighted by Crippen LogP contribution is -2.14. The van der Waals surface area contributed by atoms with Gasteiger partial charge in [0.25, 0.3) is 5.91 Å². The van der Waals surface area contributed by atoms with E-state index in [1.807, 2.05) is 37.6 Å². The molecule has 4 aromatic heterocycles. The average Bonchev–Trinajstić information content (AvgIpc) is 3.13. The normalized spacial score (nSPS) is 11.0. The summed E-state index contributed by atoms with van der Waals surface area (Å²) in [4.78, 5) is 29.7. The number of nitrogens with one attached hydrogen (secondary N) is 1. The minimum atomic E-state index is -0.284. The third kappa shape index (κ3) is 4.06. The Balaban J connectivity index is 1.59. The Labute approximate surface area is 167 Å². The Bertz CT molecular complexity index is 1180. The van der Waals surface area contributed by atoms with Crippen LogP contribution in [-0.4, -0.2) is 36.5 Å². The van der Waals surface area contributed by atoms with Gasteiger partial charge >= 0.3 is 0 Å². The van der Waals surface area contributed by atoms with E-state index in [9.17, 15) is 4.79 Å². The van der Waals surface area contributed by atoms with E-state index >= 15 is 0 Å². The predicted octanol–water partition coefficient (Wildman–Crippen LogP) is 3.46. The first-order valence-corrected chi connectivity index (χ1v) is 9.16. The molecule has 0 radical (unpaired) electrons. The fourth-order valence-electron chi connectivity index (χ4n) is 2.90. The van der Waals surface area contributed by atoms with Crippen LogP contribution < -0.4 is 10.1 Å². The number of hydrogen-bond acceptors (Lipinski definition) is 6. The third-order valence-corrected chi connectivity index (χ3v) is 4.28. The van der Waals surface area contributed by atoms with E-state index in [0.29, 0.717) is 17.3 Å². The molecule has 0 aromatic carbocycles. The molecule has 4 rings (SSSR count). The molecule has 0 aliphatic carbocycles. The van der Waals surface area contributed by atoms with Crippen LogP contribution in [0.4, 0.5) is 5.82 Å². The van der Waals surface area contributed by atoms with E-state index in [1.54, 1.807) is 43.2 Å². The summed E-state index contributed by atoms with van der Waals surface area (Å²) >= 11 is 0. The summed E-state index contributed by atoms with van der Waals surface area (Å²) in [5, 5.41) is 4.62. The van der Waals surface area contributed by atoms with Gasteiger partial charge in [-0.2, -0.15) is 0 Å². The van der Waals surface area contributed by atoms with Gasteiger partial charge in [-0.25, -0.2) is 15.0 Å². The van der Waals surface area contributed by atoms with Crippen molar-refractivity contribution in [1.29, 1.82) is 0 Å². The van der Waals surface area contributed by atoms with Crippen LogP contribution in [0.25, 0.3) is 22.2 Å². The first-order valence-electron chi connectivity index (χ1n) is 9.16. The molecule has 1 N–H and O–H groups in total. The second-order valence-corrected chi connectivity index (χ2v) is 6.88. The highest BCUT2D eigenvalue weighted by Gasteiger charge is 2.11. The topological polar surface area (TPSA) is 94.8 Å². The van der Waals surface area contributed by atoms with Crippen LogP contribution in [-0.2, 0) is 7.05 Å². The van der Waals surface area contributed by atoms with Gasteiger partial charge in [-0.15, -0.1) is 0 Å². The van der Waals surface area contributed by atoms with E-state index in [4.69, 9.17) is 4.74 Å². The van der Waals surface area contributed by atoms with Crippen molar-refractivity contribution >= 4 is 22.5 Å². The summed E-state index contributed by atoms with van der Waals surface area (Å²) < 4.78 is 7.45. The molecule has 0 unspecified atom stereocenters. The maximum absolute atomic E-state index is 12.6. The SMILES string of the molecule is CC(C)Oc1cc(C(=O)Nc2cc3cc(-c4cncn4C)ncc3cn2)ccn1. The molecule has 29 heavy (non-hydrogen) atoms. The van der Waals surface area contributed by atoms with Gasteiger partial charge < -0.3 is 14.6 Å². The van der Waals surface area contributed by atoms with Crippen LogP contribution >= 0.6 is 0 Å². The summed E-state index contributed by atoms with van der Waals surface area (Å²) in [6, 6.07) is 7.01. The largest absolute Gasteiger partial charge is 0.475 e. The van der Waals surface area contributed by atoms with E-state index in [1.165, 1.54) is 0 Å². The van der Waals surface area contributed by atoms with Crippen LogP contribution in [0.1, 0.15) is 24.2 Å². The lowest BCUT2D eigenvalue weighted by Gasteiger charge is -2.10. The second kappa shape index (κ2) is 7.67. The van der Waals surface area contributed by atoms with E-state index in [-0.39, 0.29) is 12.0 Å². The molecule has 8 heteroatoms. The van der Waals surface area contributed by atoms with Gasteiger partial charge in [0.1, 0.15) is 5.82 Å². The number of carbonyl (C=O) groups is 1. The van der Waals surface area contributed by atoms with Gasteiger partial charge in [0.05, 0.1) is 30.0 Å². The number of nitrogens with zero attached hydrogens (tertiary/aromatic N) is 5. The molecule has 8 nitrogen and oxygen atoms in total. The molecular weight excluding hydrogens is 368 g/mol. The average molecular weight is 388 g/mol. The molecule has 4 heterocycles. The highest BCUT2D eigenvalue weighted by atomic mass is 16.5. The summed E-state index contributed by atoms with van der Waals surface area (Å²) in [6.45, 7) is 3.81. The van der Waals surface area contributed by atoms with Gasteiger partial charge in [-0.05, 0) is 37.4 Å². The van der Waals surface area contributed by atoms with Crippen molar-refractivity contribution in [2.45, 2.75) is 20.0 Å². The van der Waals surface area contributed by atoms with Gasteiger partial charge in [0.2, 0.25) is 5.88 Å². The lowest BCUT2D eigenvalue weighted by molar-refractivity contribution is 0.102. The van der Waals surface area contributed by atoms with Crippen LogP contribution in [0.2, 0.25) is 0 Å². The quantitative estimate of drug-likeness (QED) is 0.563. The summed E-state index contributed by atoms with van der Waals surface area (Å²) in [5.74, 6) is 0.576.